The molecule has 0 saturated heterocycles. The Kier molecular flexibility index (Phi) is 8.17. The predicted octanol–water partition coefficient (Wildman–Crippen LogP) is 2.21. The molecular formula is C22H23FN2O7. The molecule has 0 spiro atoms. The van der Waals surface area contributed by atoms with Crippen molar-refractivity contribution >= 4 is 23.9 Å². The first-order chi connectivity index (χ1) is 15.2. The summed E-state index contributed by atoms with van der Waals surface area (Å²) >= 11 is 0. The standard InChI is InChI=1S/C22H23FN2O7/c1-12(22(28)29)24-21(27)16(9-13-5-7-15(23)8-6-13)25-20(26)14-10-17(30-2)19(32-4)18(11-14)31-3/h5-12H,1-4H3,(H,24,27)(H,25,26)(H,28,29)/b16-9+/t12-/m1/s1. The fourth-order valence-electron chi connectivity index (χ4n) is 2.63. The lowest BCUT2D eigenvalue weighted by atomic mass is 10.1. The zero-order valence-corrected chi connectivity index (χ0v) is 17.9. The smallest absolute Gasteiger partial charge is 0.325 e. The molecule has 3 N–H and O–H groups in total. The Morgan fingerprint density at radius 1 is 1.00 bits per heavy atom. The highest BCUT2D eigenvalue weighted by atomic mass is 19.1. The van der Waals surface area contributed by atoms with Crippen LogP contribution < -0.4 is 24.8 Å². The van der Waals surface area contributed by atoms with Crippen molar-refractivity contribution in [2.45, 2.75) is 13.0 Å². The second kappa shape index (κ2) is 10.8. The Morgan fingerprint density at radius 3 is 2.03 bits per heavy atom. The van der Waals surface area contributed by atoms with Crippen LogP contribution in [0.15, 0.2) is 42.1 Å². The van der Waals surface area contributed by atoms with Gasteiger partial charge in [-0.2, -0.15) is 0 Å². The normalized spacial score (nSPS) is 11.8. The molecule has 0 unspecified atom stereocenters. The largest absolute Gasteiger partial charge is 0.493 e. The van der Waals surface area contributed by atoms with Gasteiger partial charge in [-0.05, 0) is 42.8 Å². The molecule has 0 aliphatic carbocycles. The number of hydrogen-bond acceptors (Lipinski definition) is 6. The minimum absolute atomic E-state index is 0.0867. The van der Waals surface area contributed by atoms with E-state index in [1.54, 1.807) is 0 Å². The minimum atomic E-state index is -1.25. The molecule has 0 fully saturated rings. The number of carboxylic acids is 1. The van der Waals surface area contributed by atoms with Gasteiger partial charge in [-0.15, -0.1) is 0 Å². The van der Waals surface area contributed by atoms with Crippen molar-refractivity contribution in [2.75, 3.05) is 21.3 Å². The maximum atomic E-state index is 13.2. The number of ether oxygens (including phenoxy) is 3. The number of carbonyl (C=O) groups is 3. The summed E-state index contributed by atoms with van der Waals surface area (Å²) in [6, 6.07) is 6.74. The molecule has 2 aromatic rings. The van der Waals surface area contributed by atoms with Crippen LogP contribution in [0.1, 0.15) is 22.8 Å². The number of hydrogen-bond donors (Lipinski definition) is 3. The number of aliphatic carboxylic acids is 1. The lowest BCUT2D eigenvalue weighted by Crippen LogP contribution is -2.42. The van der Waals surface area contributed by atoms with E-state index in [0.29, 0.717) is 5.56 Å². The molecule has 10 heteroatoms. The molecule has 0 aliphatic rings. The van der Waals surface area contributed by atoms with Gasteiger partial charge in [0.1, 0.15) is 17.6 Å². The number of carboxylic acid groups (broad SMARTS) is 1. The van der Waals surface area contributed by atoms with Crippen LogP contribution in [0.25, 0.3) is 6.08 Å². The molecule has 2 rings (SSSR count). The molecule has 2 aromatic carbocycles. The van der Waals surface area contributed by atoms with Crippen LogP contribution in [0, 0.1) is 5.82 Å². The van der Waals surface area contributed by atoms with Crippen molar-refractivity contribution in [1.29, 1.82) is 0 Å². The summed E-state index contributed by atoms with van der Waals surface area (Å²) in [5.74, 6) is -2.54. The van der Waals surface area contributed by atoms with Gasteiger partial charge in [-0.3, -0.25) is 14.4 Å². The van der Waals surface area contributed by atoms with E-state index in [1.165, 1.54) is 70.7 Å². The predicted molar refractivity (Wildman–Crippen MR) is 113 cm³/mol. The van der Waals surface area contributed by atoms with E-state index < -0.39 is 29.6 Å². The fourth-order valence-corrected chi connectivity index (χ4v) is 2.63. The third-order valence-corrected chi connectivity index (χ3v) is 4.32. The second-order valence-electron chi connectivity index (χ2n) is 6.51. The van der Waals surface area contributed by atoms with Gasteiger partial charge < -0.3 is 30.0 Å². The van der Waals surface area contributed by atoms with Crippen LogP contribution in [0.5, 0.6) is 17.2 Å². The molecule has 0 radical (unpaired) electrons. The summed E-state index contributed by atoms with van der Waals surface area (Å²) in [6.07, 6.45) is 1.29. The maximum absolute atomic E-state index is 13.2. The highest BCUT2D eigenvalue weighted by Crippen LogP contribution is 2.38. The van der Waals surface area contributed by atoms with E-state index in [-0.39, 0.29) is 28.5 Å². The van der Waals surface area contributed by atoms with Gasteiger partial charge in [0.15, 0.2) is 11.5 Å². The number of halogens is 1. The summed E-state index contributed by atoms with van der Waals surface area (Å²) in [4.78, 5) is 36.6. The van der Waals surface area contributed by atoms with E-state index in [0.717, 1.165) is 0 Å². The lowest BCUT2D eigenvalue weighted by molar-refractivity contribution is -0.140. The van der Waals surface area contributed by atoms with E-state index in [9.17, 15) is 18.8 Å². The molecule has 0 aromatic heterocycles. The number of carbonyl (C=O) groups excluding carboxylic acids is 2. The minimum Gasteiger partial charge on any atom is -0.493 e. The summed E-state index contributed by atoms with van der Waals surface area (Å²) in [6.45, 7) is 1.27. The molecule has 32 heavy (non-hydrogen) atoms. The maximum Gasteiger partial charge on any atom is 0.325 e. The topological polar surface area (TPSA) is 123 Å². The van der Waals surface area contributed by atoms with Crippen LogP contribution in [0.4, 0.5) is 4.39 Å². The summed E-state index contributed by atoms with van der Waals surface area (Å²) in [5.41, 5.74) is 0.247. The molecule has 0 heterocycles. The third kappa shape index (κ3) is 5.97. The van der Waals surface area contributed by atoms with Crippen LogP contribution in [0.3, 0.4) is 0 Å². The molecule has 1 atom stereocenters. The Balaban J connectivity index is 2.42. The monoisotopic (exact) mass is 446 g/mol. The number of methoxy groups -OCH3 is 3. The van der Waals surface area contributed by atoms with Crippen LogP contribution in [-0.2, 0) is 9.59 Å². The zero-order chi connectivity index (χ0) is 23.8. The highest BCUT2D eigenvalue weighted by molar-refractivity contribution is 6.06. The third-order valence-electron chi connectivity index (χ3n) is 4.32. The van der Waals surface area contributed by atoms with Crippen molar-refractivity contribution in [3.63, 3.8) is 0 Å². The molecule has 9 nitrogen and oxygen atoms in total. The molecular weight excluding hydrogens is 423 g/mol. The highest BCUT2D eigenvalue weighted by Gasteiger charge is 2.22. The fraction of sp³-hybridized carbons (Fsp3) is 0.227. The summed E-state index contributed by atoms with van der Waals surface area (Å²) < 4.78 is 28.9. The van der Waals surface area contributed by atoms with Crippen molar-refractivity contribution in [1.82, 2.24) is 10.6 Å². The average Bonchev–Trinajstić information content (AvgIpc) is 2.78. The summed E-state index contributed by atoms with van der Waals surface area (Å²) in [5, 5.41) is 13.8. The first-order valence-corrected chi connectivity index (χ1v) is 9.32. The Hall–Kier alpha value is -4.08. The second-order valence-corrected chi connectivity index (χ2v) is 6.51. The first-order valence-electron chi connectivity index (χ1n) is 9.32. The van der Waals surface area contributed by atoms with E-state index in [2.05, 4.69) is 10.6 Å². The van der Waals surface area contributed by atoms with Gasteiger partial charge in [0.2, 0.25) is 5.75 Å². The van der Waals surface area contributed by atoms with E-state index in [1.807, 2.05) is 0 Å². The SMILES string of the molecule is COc1cc(C(=O)N/C(=C/c2ccc(F)cc2)C(=O)N[C@H](C)C(=O)O)cc(OC)c1OC. The number of amides is 2. The molecule has 0 saturated carbocycles. The van der Waals surface area contributed by atoms with Crippen molar-refractivity contribution in [2.24, 2.45) is 0 Å². The average molecular weight is 446 g/mol. The van der Waals surface area contributed by atoms with Crippen molar-refractivity contribution in [3.05, 3.63) is 59.0 Å². The quantitative estimate of drug-likeness (QED) is 0.505. The van der Waals surface area contributed by atoms with Crippen molar-refractivity contribution in [3.8, 4) is 17.2 Å². The molecule has 170 valence electrons. The summed E-state index contributed by atoms with van der Waals surface area (Å²) in [7, 11) is 4.19. The van der Waals surface area contributed by atoms with E-state index in [4.69, 9.17) is 19.3 Å². The van der Waals surface area contributed by atoms with Gasteiger partial charge in [-0.1, -0.05) is 12.1 Å². The number of benzene rings is 2. The number of rotatable bonds is 9. The molecule has 2 amide bonds. The molecule has 0 bridgehead atoms. The Labute approximate surface area is 183 Å². The van der Waals surface area contributed by atoms with Crippen LogP contribution >= 0.6 is 0 Å². The van der Waals surface area contributed by atoms with Crippen LogP contribution in [-0.4, -0.2) is 50.3 Å². The zero-order valence-electron chi connectivity index (χ0n) is 17.9. The van der Waals surface area contributed by atoms with Gasteiger partial charge in [-0.25, -0.2) is 4.39 Å². The Bertz CT molecular complexity index is 1010. The van der Waals surface area contributed by atoms with Gasteiger partial charge in [0, 0.05) is 5.56 Å². The Morgan fingerprint density at radius 2 is 1.56 bits per heavy atom. The van der Waals surface area contributed by atoms with Gasteiger partial charge in [0.05, 0.1) is 21.3 Å². The number of nitrogens with one attached hydrogen (secondary N) is 2. The van der Waals surface area contributed by atoms with Crippen LogP contribution in [0.2, 0.25) is 0 Å². The van der Waals surface area contributed by atoms with Gasteiger partial charge in [0.25, 0.3) is 11.8 Å². The van der Waals surface area contributed by atoms with E-state index >= 15 is 0 Å². The van der Waals surface area contributed by atoms with Gasteiger partial charge >= 0.3 is 5.97 Å². The van der Waals surface area contributed by atoms with Crippen molar-refractivity contribution < 1.29 is 38.1 Å². The lowest BCUT2D eigenvalue weighted by Gasteiger charge is -2.16. The molecule has 0 aliphatic heterocycles. The first kappa shape index (κ1) is 24.2.